The lowest BCUT2D eigenvalue weighted by molar-refractivity contribution is -0.142. The van der Waals surface area contributed by atoms with Gasteiger partial charge in [-0.25, -0.2) is 4.98 Å². The van der Waals surface area contributed by atoms with Gasteiger partial charge in [-0.1, -0.05) is 24.0 Å². The number of carbonyl (C=O) groups excluding carboxylic acids is 1. The predicted octanol–water partition coefficient (Wildman–Crippen LogP) is 4.20. The summed E-state index contributed by atoms with van der Waals surface area (Å²) >= 11 is 0. The van der Waals surface area contributed by atoms with Crippen LogP contribution in [0.3, 0.4) is 0 Å². The first kappa shape index (κ1) is 21.4. The fourth-order valence-corrected chi connectivity index (χ4v) is 2.81. The zero-order valence-electron chi connectivity index (χ0n) is 16.6. The molecule has 1 amide bonds. The lowest BCUT2D eigenvalue weighted by atomic mass is 10.1. The number of pyridine rings is 1. The molecule has 0 aliphatic rings. The minimum atomic E-state index is -4.36. The third-order valence-electron chi connectivity index (χ3n) is 4.22. The van der Waals surface area contributed by atoms with E-state index in [9.17, 15) is 18.0 Å². The number of imidazole rings is 1. The van der Waals surface area contributed by atoms with Crippen molar-refractivity contribution < 1.29 is 18.0 Å². The summed E-state index contributed by atoms with van der Waals surface area (Å²) in [5.41, 5.74) is 3.58. The Balaban J connectivity index is 1.78. The van der Waals surface area contributed by atoms with Crippen molar-refractivity contribution in [2.24, 2.45) is 0 Å². The van der Waals surface area contributed by atoms with Gasteiger partial charge in [0.25, 0.3) is 0 Å². The molecule has 2 heterocycles. The number of hydrogen-bond donors (Lipinski definition) is 1. The number of benzene rings is 1. The van der Waals surface area contributed by atoms with Gasteiger partial charge in [0.2, 0.25) is 5.91 Å². The van der Waals surface area contributed by atoms with Gasteiger partial charge in [-0.05, 0) is 38.4 Å². The standard InChI is InChI=1S/C22H21F3N4O/c1-28(2)11-4-5-16-9-12-29-19(15-26-20(29)13-16)17-6-3-7-18(14-17)27-21(30)8-10-22(23,24)25/h3,6-7,9,12-15H,8,10-11H2,1-2H3,(H,27,30). The van der Waals surface area contributed by atoms with Crippen LogP contribution in [0, 0.1) is 11.8 Å². The number of hydrogen-bond acceptors (Lipinski definition) is 3. The molecule has 0 aliphatic carbocycles. The van der Waals surface area contributed by atoms with Gasteiger partial charge in [-0.15, -0.1) is 0 Å². The molecular formula is C22H21F3N4O. The molecular weight excluding hydrogens is 393 g/mol. The second-order valence-electron chi connectivity index (χ2n) is 7.07. The predicted molar refractivity (Wildman–Crippen MR) is 110 cm³/mol. The van der Waals surface area contributed by atoms with E-state index in [1.807, 2.05) is 47.8 Å². The summed E-state index contributed by atoms with van der Waals surface area (Å²) in [6.07, 6.45) is -2.54. The van der Waals surface area contributed by atoms with Crippen LogP contribution in [0.2, 0.25) is 0 Å². The zero-order valence-corrected chi connectivity index (χ0v) is 16.6. The summed E-state index contributed by atoms with van der Waals surface area (Å²) in [7, 11) is 3.90. The molecule has 0 unspecified atom stereocenters. The average molecular weight is 414 g/mol. The van der Waals surface area contributed by atoms with Gasteiger partial charge < -0.3 is 5.32 Å². The quantitative estimate of drug-likeness (QED) is 0.637. The molecule has 156 valence electrons. The molecule has 5 nitrogen and oxygen atoms in total. The monoisotopic (exact) mass is 414 g/mol. The molecule has 3 rings (SSSR count). The minimum Gasteiger partial charge on any atom is -0.326 e. The Hall–Kier alpha value is -3.31. The fourth-order valence-electron chi connectivity index (χ4n) is 2.81. The highest BCUT2D eigenvalue weighted by atomic mass is 19.4. The normalized spacial score (nSPS) is 11.4. The maximum Gasteiger partial charge on any atom is 0.389 e. The lowest BCUT2D eigenvalue weighted by Gasteiger charge is -2.09. The van der Waals surface area contributed by atoms with Crippen molar-refractivity contribution in [2.45, 2.75) is 19.0 Å². The summed E-state index contributed by atoms with van der Waals surface area (Å²) in [5, 5.41) is 2.52. The Morgan fingerprint density at radius 1 is 1.23 bits per heavy atom. The highest BCUT2D eigenvalue weighted by Crippen LogP contribution is 2.25. The van der Waals surface area contributed by atoms with Gasteiger partial charge in [0.1, 0.15) is 5.65 Å². The summed E-state index contributed by atoms with van der Waals surface area (Å²) < 4.78 is 38.7. The van der Waals surface area contributed by atoms with Crippen molar-refractivity contribution in [1.82, 2.24) is 14.3 Å². The Morgan fingerprint density at radius 2 is 2.03 bits per heavy atom. The largest absolute Gasteiger partial charge is 0.389 e. The molecule has 0 saturated carbocycles. The van der Waals surface area contributed by atoms with E-state index in [0.29, 0.717) is 12.2 Å². The lowest BCUT2D eigenvalue weighted by Crippen LogP contribution is -2.16. The molecule has 1 N–H and O–H groups in total. The van der Waals surface area contributed by atoms with Crippen LogP contribution in [-0.2, 0) is 4.79 Å². The fraction of sp³-hybridized carbons (Fsp3) is 0.273. The number of fused-ring (bicyclic) bond motifs is 1. The molecule has 30 heavy (non-hydrogen) atoms. The third kappa shape index (κ3) is 5.84. The minimum absolute atomic E-state index is 0.431. The SMILES string of the molecule is CN(C)CC#Cc1ccn2c(-c3cccc(NC(=O)CCC(F)(F)F)c3)cnc2c1. The first-order valence-corrected chi connectivity index (χ1v) is 9.29. The summed E-state index contributed by atoms with van der Waals surface area (Å²) in [4.78, 5) is 18.2. The Labute approximate surface area is 172 Å². The van der Waals surface area contributed by atoms with Gasteiger partial charge in [0.15, 0.2) is 0 Å². The van der Waals surface area contributed by atoms with Gasteiger partial charge >= 0.3 is 6.18 Å². The molecule has 3 aromatic rings. The van der Waals surface area contributed by atoms with E-state index in [-0.39, 0.29) is 0 Å². The molecule has 8 heteroatoms. The van der Waals surface area contributed by atoms with Crippen LogP contribution < -0.4 is 5.32 Å². The van der Waals surface area contributed by atoms with E-state index in [1.54, 1.807) is 24.4 Å². The third-order valence-corrected chi connectivity index (χ3v) is 4.22. The first-order valence-electron chi connectivity index (χ1n) is 9.29. The molecule has 0 aliphatic heterocycles. The van der Waals surface area contributed by atoms with E-state index >= 15 is 0 Å². The van der Waals surface area contributed by atoms with Crippen LogP contribution in [0.5, 0.6) is 0 Å². The number of carbonyl (C=O) groups is 1. The smallest absolute Gasteiger partial charge is 0.326 e. The number of aromatic nitrogens is 2. The van der Waals surface area contributed by atoms with Gasteiger partial charge in [-0.3, -0.25) is 14.1 Å². The average Bonchev–Trinajstić information content (AvgIpc) is 3.09. The van der Waals surface area contributed by atoms with Crippen LogP contribution in [-0.4, -0.2) is 47.0 Å². The van der Waals surface area contributed by atoms with Crippen LogP contribution in [0.15, 0.2) is 48.8 Å². The summed E-state index contributed by atoms with van der Waals surface area (Å²) in [6, 6.07) is 10.7. The topological polar surface area (TPSA) is 49.6 Å². The molecule has 0 atom stereocenters. The number of anilines is 1. The van der Waals surface area contributed by atoms with Crippen molar-refractivity contribution in [3.63, 3.8) is 0 Å². The maximum absolute atomic E-state index is 12.3. The van der Waals surface area contributed by atoms with E-state index in [4.69, 9.17) is 0 Å². The van der Waals surface area contributed by atoms with Gasteiger partial charge in [-0.2, -0.15) is 13.2 Å². The summed E-state index contributed by atoms with van der Waals surface area (Å²) in [5.74, 6) is 5.50. The highest BCUT2D eigenvalue weighted by molar-refractivity contribution is 5.91. The second-order valence-corrected chi connectivity index (χ2v) is 7.07. The number of halogens is 3. The Bertz CT molecular complexity index is 1110. The van der Waals surface area contributed by atoms with Crippen molar-refractivity contribution in [2.75, 3.05) is 26.0 Å². The maximum atomic E-state index is 12.3. The van der Waals surface area contributed by atoms with E-state index in [1.165, 1.54) is 0 Å². The zero-order chi connectivity index (χ0) is 21.7. The Morgan fingerprint density at radius 3 is 2.77 bits per heavy atom. The van der Waals surface area contributed by atoms with E-state index < -0.39 is 24.9 Å². The van der Waals surface area contributed by atoms with Crippen LogP contribution in [0.4, 0.5) is 18.9 Å². The van der Waals surface area contributed by atoms with Crippen LogP contribution in [0.1, 0.15) is 18.4 Å². The second kappa shape index (κ2) is 9.01. The molecule has 0 bridgehead atoms. The molecule has 0 radical (unpaired) electrons. The van der Waals surface area contributed by atoms with Crippen LogP contribution in [0.25, 0.3) is 16.9 Å². The van der Waals surface area contributed by atoms with Crippen molar-refractivity contribution in [3.05, 3.63) is 54.4 Å². The number of nitrogens with zero attached hydrogens (tertiary/aromatic N) is 3. The van der Waals surface area contributed by atoms with E-state index in [0.717, 1.165) is 22.5 Å². The first-order chi connectivity index (χ1) is 14.2. The Kier molecular flexibility index (Phi) is 6.43. The number of amides is 1. The molecule has 0 saturated heterocycles. The van der Waals surface area contributed by atoms with E-state index in [2.05, 4.69) is 22.1 Å². The molecule has 2 aromatic heterocycles. The summed E-state index contributed by atoms with van der Waals surface area (Å²) in [6.45, 7) is 0.659. The number of rotatable bonds is 5. The number of nitrogens with one attached hydrogen (secondary N) is 1. The highest BCUT2D eigenvalue weighted by Gasteiger charge is 2.27. The molecule has 0 spiro atoms. The van der Waals surface area contributed by atoms with Crippen LogP contribution >= 0.6 is 0 Å². The van der Waals surface area contributed by atoms with Crippen molar-refractivity contribution >= 4 is 17.2 Å². The van der Waals surface area contributed by atoms with Crippen molar-refractivity contribution in [3.8, 4) is 23.1 Å². The van der Waals surface area contributed by atoms with Gasteiger partial charge in [0.05, 0.1) is 24.9 Å². The van der Waals surface area contributed by atoms with Crippen molar-refractivity contribution in [1.29, 1.82) is 0 Å². The number of alkyl halides is 3. The molecule has 0 fully saturated rings. The van der Waals surface area contributed by atoms with Gasteiger partial charge in [0, 0.05) is 29.4 Å². The molecule has 1 aromatic carbocycles.